The van der Waals surface area contributed by atoms with Gasteiger partial charge in [-0.05, 0) is 30.7 Å². The van der Waals surface area contributed by atoms with Gasteiger partial charge >= 0.3 is 0 Å². The first kappa shape index (κ1) is 15.3. The number of nitrogen functional groups attached to an aromatic ring is 1. The van der Waals surface area contributed by atoms with E-state index in [2.05, 4.69) is 5.32 Å². The van der Waals surface area contributed by atoms with Crippen molar-refractivity contribution in [3.8, 4) is 0 Å². The van der Waals surface area contributed by atoms with Gasteiger partial charge in [0.05, 0.1) is 6.54 Å². The molecule has 1 aromatic rings. The van der Waals surface area contributed by atoms with Gasteiger partial charge in [-0.2, -0.15) is 0 Å². The lowest BCUT2D eigenvalue weighted by atomic mass is 10.1. The van der Waals surface area contributed by atoms with Gasteiger partial charge in [0, 0.05) is 44.5 Å². The van der Waals surface area contributed by atoms with Crippen LogP contribution >= 0.6 is 0 Å². The molecule has 0 aromatic heterocycles. The summed E-state index contributed by atoms with van der Waals surface area (Å²) in [6.07, 6.45) is 0. The van der Waals surface area contributed by atoms with E-state index >= 15 is 0 Å². The van der Waals surface area contributed by atoms with E-state index in [1.54, 1.807) is 13.1 Å². The number of likely N-dealkylation sites (N-methyl/N-ethyl adjacent to an activating group) is 1. The zero-order chi connectivity index (χ0) is 15.4. The Labute approximate surface area is 124 Å². The first-order valence-corrected chi connectivity index (χ1v) is 7.09. The smallest absolute Gasteiger partial charge is 0.254 e. The number of benzene rings is 1. The molecule has 2 rings (SSSR count). The van der Waals surface area contributed by atoms with Crippen molar-refractivity contribution in [1.82, 2.24) is 15.1 Å². The summed E-state index contributed by atoms with van der Waals surface area (Å²) in [6.45, 7) is 4.98. The molecule has 0 aliphatic carbocycles. The van der Waals surface area contributed by atoms with Crippen molar-refractivity contribution < 1.29 is 9.59 Å². The van der Waals surface area contributed by atoms with Gasteiger partial charge in [-0.1, -0.05) is 0 Å². The maximum Gasteiger partial charge on any atom is 0.254 e. The molecule has 0 bridgehead atoms. The van der Waals surface area contributed by atoms with E-state index in [1.807, 2.05) is 28.9 Å². The number of carbonyl (C=O) groups excluding carboxylic acids is 2. The average Bonchev–Trinajstić information content (AvgIpc) is 2.46. The third-order valence-electron chi connectivity index (χ3n) is 3.65. The molecule has 1 heterocycles. The first-order valence-electron chi connectivity index (χ1n) is 7.09. The molecule has 0 spiro atoms. The summed E-state index contributed by atoms with van der Waals surface area (Å²) in [5.74, 6) is 0.00577. The lowest BCUT2D eigenvalue weighted by molar-refractivity contribution is -0.122. The summed E-state index contributed by atoms with van der Waals surface area (Å²) in [5.41, 5.74) is 8.02. The van der Waals surface area contributed by atoms with Crippen molar-refractivity contribution in [3.05, 3.63) is 29.3 Å². The standard InChI is InChI=1S/C15H22N4O2/c1-11-7-12(9-13(16)8-11)15(21)19-5-3-18(4-6-19)10-14(20)17-2/h7-9H,3-6,10,16H2,1-2H3,(H,17,20). The minimum absolute atomic E-state index is 0.00114. The van der Waals surface area contributed by atoms with Crippen molar-refractivity contribution in [1.29, 1.82) is 0 Å². The first-order chi connectivity index (χ1) is 9.99. The normalized spacial score (nSPS) is 15.8. The Bertz CT molecular complexity index is 516. The minimum Gasteiger partial charge on any atom is -0.399 e. The Kier molecular flexibility index (Phi) is 4.80. The molecule has 1 aromatic carbocycles. The second kappa shape index (κ2) is 6.58. The summed E-state index contributed by atoms with van der Waals surface area (Å²) in [6, 6.07) is 5.42. The quantitative estimate of drug-likeness (QED) is 0.773. The van der Waals surface area contributed by atoms with E-state index in [1.165, 1.54) is 0 Å². The maximum absolute atomic E-state index is 12.5. The Morgan fingerprint density at radius 3 is 2.43 bits per heavy atom. The number of anilines is 1. The number of nitrogens with zero attached hydrogens (tertiary/aromatic N) is 2. The van der Waals surface area contributed by atoms with Gasteiger partial charge in [0.15, 0.2) is 0 Å². The number of hydrogen-bond acceptors (Lipinski definition) is 4. The highest BCUT2D eigenvalue weighted by Crippen LogP contribution is 2.14. The zero-order valence-corrected chi connectivity index (χ0v) is 12.6. The van der Waals surface area contributed by atoms with E-state index in [0.717, 1.165) is 5.56 Å². The van der Waals surface area contributed by atoms with Crippen LogP contribution in [0, 0.1) is 6.92 Å². The second-order valence-corrected chi connectivity index (χ2v) is 5.37. The Morgan fingerprint density at radius 2 is 1.86 bits per heavy atom. The largest absolute Gasteiger partial charge is 0.399 e. The van der Waals surface area contributed by atoms with E-state index in [9.17, 15) is 9.59 Å². The van der Waals surface area contributed by atoms with Crippen LogP contribution in [0.1, 0.15) is 15.9 Å². The van der Waals surface area contributed by atoms with Gasteiger partial charge in [0.1, 0.15) is 0 Å². The summed E-state index contributed by atoms with van der Waals surface area (Å²) in [4.78, 5) is 27.7. The maximum atomic E-state index is 12.5. The molecule has 0 unspecified atom stereocenters. The summed E-state index contributed by atoms with van der Waals surface area (Å²) in [5, 5.41) is 2.61. The predicted octanol–water partition coefficient (Wildman–Crippen LogP) is 0.0810. The third-order valence-corrected chi connectivity index (χ3v) is 3.65. The van der Waals surface area contributed by atoms with Gasteiger partial charge in [-0.25, -0.2) is 0 Å². The fourth-order valence-corrected chi connectivity index (χ4v) is 2.51. The highest BCUT2D eigenvalue weighted by molar-refractivity contribution is 5.95. The molecule has 6 nitrogen and oxygen atoms in total. The number of nitrogens with two attached hydrogens (primary N) is 1. The Morgan fingerprint density at radius 1 is 1.19 bits per heavy atom. The Balaban J connectivity index is 1.95. The fourth-order valence-electron chi connectivity index (χ4n) is 2.51. The molecule has 1 aliphatic heterocycles. The number of hydrogen-bond donors (Lipinski definition) is 2. The molecule has 0 atom stereocenters. The van der Waals surface area contributed by atoms with Crippen LogP contribution in [0.3, 0.4) is 0 Å². The molecular formula is C15H22N4O2. The lowest BCUT2D eigenvalue weighted by Crippen LogP contribution is -2.50. The van der Waals surface area contributed by atoms with Crippen LogP contribution in [0.25, 0.3) is 0 Å². The molecule has 1 saturated heterocycles. The fraction of sp³-hybridized carbons (Fsp3) is 0.467. The van der Waals surface area contributed by atoms with Crippen LogP contribution in [0.15, 0.2) is 18.2 Å². The highest BCUT2D eigenvalue weighted by Gasteiger charge is 2.23. The van der Waals surface area contributed by atoms with Crippen LogP contribution in [0.2, 0.25) is 0 Å². The summed E-state index contributed by atoms with van der Waals surface area (Å²) < 4.78 is 0. The van der Waals surface area contributed by atoms with Crippen LogP contribution in [0.5, 0.6) is 0 Å². The van der Waals surface area contributed by atoms with Gasteiger partial charge in [-0.15, -0.1) is 0 Å². The third kappa shape index (κ3) is 3.95. The van der Waals surface area contributed by atoms with Crippen molar-refractivity contribution in [3.63, 3.8) is 0 Å². The molecule has 21 heavy (non-hydrogen) atoms. The molecule has 0 saturated carbocycles. The van der Waals surface area contributed by atoms with Crippen molar-refractivity contribution in [2.24, 2.45) is 0 Å². The van der Waals surface area contributed by atoms with Gasteiger partial charge in [0.2, 0.25) is 5.91 Å². The number of nitrogens with one attached hydrogen (secondary N) is 1. The average molecular weight is 290 g/mol. The second-order valence-electron chi connectivity index (χ2n) is 5.37. The minimum atomic E-state index is 0.00114. The molecule has 1 aliphatic rings. The number of aryl methyl sites for hydroxylation is 1. The SMILES string of the molecule is CNC(=O)CN1CCN(C(=O)c2cc(C)cc(N)c2)CC1. The number of piperazine rings is 1. The van der Waals surface area contributed by atoms with Crippen molar-refractivity contribution in [2.75, 3.05) is 45.5 Å². The summed E-state index contributed by atoms with van der Waals surface area (Å²) in [7, 11) is 1.63. The number of amides is 2. The molecule has 2 amide bonds. The molecule has 3 N–H and O–H groups in total. The molecule has 0 radical (unpaired) electrons. The highest BCUT2D eigenvalue weighted by atomic mass is 16.2. The van der Waals surface area contributed by atoms with Gasteiger partial charge in [-0.3, -0.25) is 14.5 Å². The van der Waals surface area contributed by atoms with Gasteiger partial charge < -0.3 is 16.0 Å². The van der Waals surface area contributed by atoms with Crippen LogP contribution < -0.4 is 11.1 Å². The predicted molar refractivity (Wildman–Crippen MR) is 82.0 cm³/mol. The van der Waals surface area contributed by atoms with Crippen molar-refractivity contribution >= 4 is 17.5 Å². The van der Waals surface area contributed by atoms with Crippen LogP contribution in [-0.4, -0.2) is 61.4 Å². The summed E-state index contributed by atoms with van der Waals surface area (Å²) >= 11 is 0. The Hall–Kier alpha value is -2.08. The van der Waals surface area contributed by atoms with Crippen molar-refractivity contribution in [2.45, 2.75) is 6.92 Å². The molecule has 114 valence electrons. The van der Waals surface area contributed by atoms with Crippen LogP contribution in [0.4, 0.5) is 5.69 Å². The van der Waals surface area contributed by atoms with E-state index in [4.69, 9.17) is 5.73 Å². The van der Waals surface area contributed by atoms with E-state index in [0.29, 0.717) is 44.0 Å². The molecule has 1 fully saturated rings. The van der Waals surface area contributed by atoms with E-state index in [-0.39, 0.29) is 11.8 Å². The zero-order valence-electron chi connectivity index (χ0n) is 12.6. The monoisotopic (exact) mass is 290 g/mol. The van der Waals surface area contributed by atoms with Gasteiger partial charge in [0.25, 0.3) is 5.91 Å². The van der Waals surface area contributed by atoms with E-state index < -0.39 is 0 Å². The molecule has 6 heteroatoms. The number of rotatable bonds is 3. The van der Waals surface area contributed by atoms with Crippen LogP contribution in [-0.2, 0) is 4.79 Å². The number of carbonyl (C=O) groups is 2. The topological polar surface area (TPSA) is 78.7 Å². The lowest BCUT2D eigenvalue weighted by Gasteiger charge is -2.34. The molecular weight excluding hydrogens is 268 g/mol.